The van der Waals surface area contributed by atoms with Crippen molar-refractivity contribution in [1.82, 2.24) is 15.3 Å². The molecule has 1 aliphatic rings. The van der Waals surface area contributed by atoms with Gasteiger partial charge in [0.05, 0.1) is 0 Å². The Hall–Kier alpha value is -1.30. The summed E-state index contributed by atoms with van der Waals surface area (Å²) in [6.07, 6.45) is 7.17. The van der Waals surface area contributed by atoms with Crippen molar-refractivity contribution >= 4 is 23.5 Å². The number of carbonyl (C=O) groups is 1. The van der Waals surface area contributed by atoms with Crippen LogP contribution in [0, 0.1) is 0 Å². The Bertz CT molecular complexity index is 489. The summed E-state index contributed by atoms with van der Waals surface area (Å²) >= 11 is 1.73. The number of hydrogen-bond acceptors (Lipinski definition) is 5. The number of carbonyl (C=O) groups excluding carboxylic acids is 1. The maximum absolute atomic E-state index is 12.0. The molecule has 5 nitrogen and oxygen atoms in total. The highest BCUT2D eigenvalue weighted by Gasteiger charge is 2.22. The van der Waals surface area contributed by atoms with Gasteiger partial charge < -0.3 is 10.2 Å². The van der Waals surface area contributed by atoms with E-state index >= 15 is 0 Å². The number of nitrogens with one attached hydrogen (secondary N) is 1. The second kappa shape index (κ2) is 8.36. The molecule has 6 heteroatoms. The molecule has 0 aliphatic carbocycles. The van der Waals surface area contributed by atoms with Gasteiger partial charge in [-0.3, -0.25) is 4.79 Å². The SMILES string of the molecule is CCc1cc(N2CCC(NC(=O)C[C@H](C)SC)CC2)ncn1. The molecule has 0 unspecified atom stereocenters. The Balaban J connectivity index is 1.81. The summed E-state index contributed by atoms with van der Waals surface area (Å²) in [4.78, 5) is 22.9. The Morgan fingerprint density at radius 2 is 2.18 bits per heavy atom. The summed E-state index contributed by atoms with van der Waals surface area (Å²) < 4.78 is 0. The van der Waals surface area contributed by atoms with E-state index < -0.39 is 0 Å². The van der Waals surface area contributed by atoms with Crippen LogP contribution in [-0.4, -0.2) is 46.5 Å². The van der Waals surface area contributed by atoms with Crippen LogP contribution in [0.25, 0.3) is 0 Å². The third-order valence-corrected chi connectivity index (χ3v) is 5.10. The first kappa shape index (κ1) is 17.1. The van der Waals surface area contributed by atoms with Crippen molar-refractivity contribution in [3.8, 4) is 0 Å². The number of aryl methyl sites for hydroxylation is 1. The molecule has 1 aromatic heterocycles. The fourth-order valence-corrected chi connectivity index (χ4v) is 2.95. The normalized spacial score (nSPS) is 17.3. The van der Waals surface area contributed by atoms with Gasteiger partial charge in [-0.25, -0.2) is 9.97 Å². The maximum Gasteiger partial charge on any atom is 0.221 e. The minimum Gasteiger partial charge on any atom is -0.356 e. The zero-order chi connectivity index (χ0) is 15.9. The standard InChI is InChI=1S/C16H26N4OS/c1-4-13-10-15(18-11-17-13)20-7-5-14(6-8-20)19-16(21)9-12(2)22-3/h10-12,14H,4-9H2,1-3H3,(H,19,21)/t12-/m0/s1. The summed E-state index contributed by atoms with van der Waals surface area (Å²) in [6, 6.07) is 2.37. The lowest BCUT2D eigenvalue weighted by Gasteiger charge is -2.33. The molecule has 2 heterocycles. The number of hydrogen-bond donors (Lipinski definition) is 1. The Morgan fingerprint density at radius 1 is 1.45 bits per heavy atom. The molecular formula is C16H26N4OS. The third-order valence-electron chi connectivity index (χ3n) is 4.13. The van der Waals surface area contributed by atoms with E-state index in [1.165, 1.54) is 0 Å². The van der Waals surface area contributed by atoms with E-state index in [0.29, 0.717) is 17.7 Å². The van der Waals surface area contributed by atoms with Gasteiger partial charge in [-0.05, 0) is 25.5 Å². The van der Waals surface area contributed by atoms with Crippen LogP contribution < -0.4 is 10.2 Å². The highest BCUT2D eigenvalue weighted by molar-refractivity contribution is 7.99. The van der Waals surface area contributed by atoms with E-state index in [-0.39, 0.29) is 5.91 Å². The predicted octanol–water partition coefficient (Wildman–Crippen LogP) is 2.27. The van der Waals surface area contributed by atoms with Crippen molar-refractivity contribution in [2.75, 3.05) is 24.2 Å². The van der Waals surface area contributed by atoms with Gasteiger partial charge in [-0.15, -0.1) is 0 Å². The smallest absolute Gasteiger partial charge is 0.221 e. The van der Waals surface area contributed by atoms with Crippen molar-refractivity contribution in [2.45, 2.75) is 50.8 Å². The summed E-state index contributed by atoms with van der Waals surface area (Å²) in [5, 5.41) is 3.55. The van der Waals surface area contributed by atoms with Crippen LogP contribution in [0.2, 0.25) is 0 Å². The van der Waals surface area contributed by atoms with Gasteiger partial charge in [-0.1, -0.05) is 13.8 Å². The molecule has 0 spiro atoms. The zero-order valence-electron chi connectivity index (χ0n) is 13.7. The van der Waals surface area contributed by atoms with Crippen LogP contribution in [0.5, 0.6) is 0 Å². The van der Waals surface area contributed by atoms with Crippen LogP contribution in [-0.2, 0) is 11.2 Å². The van der Waals surface area contributed by atoms with Crippen molar-refractivity contribution in [3.63, 3.8) is 0 Å². The van der Waals surface area contributed by atoms with E-state index in [2.05, 4.69) is 40.1 Å². The summed E-state index contributed by atoms with van der Waals surface area (Å²) in [5.74, 6) is 1.18. The average Bonchev–Trinajstić information content (AvgIpc) is 2.55. The summed E-state index contributed by atoms with van der Waals surface area (Å²) in [6.45, 7) is 6.06. The highest BCUT2D eigenvalue weighted by Crippen LogP contribution is 2.18. The molecular weight excluding hydrogens is 296 g/mol. The molecule has 1 atom stereocenters. The van der Waals surface area contributed by atoms with Crippen LogP contribution in [0.3, 0.4) is 0 Å². The first-order valence-corrected chi connectivity index (χ1v) is 9.29. The van der Waals surface area contributed by atoms with Crippen LogP contribution in [0.4, 0.5) is 5.82 Å². The van der Waals surface area contributed by atoms with E-state index in [1.807, 2.05) is 6.26 Å². The van der Waals surface area contributed by atoms with Gasteiger partial charge in [0, 0.05) is 42.6 Å². The van der Waals surface area contributed by atoms with Crippen LogP contribution >= 0.6 is 11.8 Å². The van der Waals surface area contributed by atoms with Gasteiger partial charge in [-0.2, -0.15) is 11.8 Å². The number of thioether (sulfide) groups is 1. The average molecular weight is 322 g/mol. The second-order valence-corrected chi connectivity index (χ2v) is 7.08. The van der Waals surface area contributed by atoms with Crippen molar-refractivity contribution in [3.05, 3.63) is 18.1 Å². The fraction of sp³-hybridized carbons (Fsp3) is 0.688. The van der Waals surface area contributed by atoms with Crippen molar-refractivity contribution in [2.24, 2.45) is 0 Å². The van der Waals surface area contributed by atoms with Crippen LogP contribution in [0.15, 0.2) is 12.4 Å². The molecule has 122 valence electrons. The molecule has 0 aromatic carbocycles. The first-order chi connectivity index (χ1) is 10.6. The van der Waals surface area contributed by atoms with Crippen molar-refractivity contribution < 1.29 is 4.79 Å². The topological polar surface area (TPSA) is 58.1 Å². The third kappa shape index (κ3) is 4.87. The van der Waals surface area contributed by atoms with Gasteiger partial charge >= 0.3 is 0 Å². The number of aromatic nitrogens is 2. The molecule has 1 saturated heterocycles. The zero-order valence-corrected chi connectivity index (χ0v) is 14.5. The van der Waals surface area contributed by atoms with Crippen LogP contribution in [0.1, 0.15) is 38.8 Å². The van der Waals surface area contributed by atoms with Gasteiger partial charge in [0.25, 0.3) is 0 Å². The van der Waals surface area contributed by atoms with E-state index in [9.17, 15) is 4.79 Å². The predicted molar refractivity (Wildman–Crippen MR) is 92.4 cm³/mol. The molecule has 1 amide bonds. The fourth-order valence-electron chi connectivity index (χ4n) is 2.64. The molecule has 2 rings (SSSR count). The lowest BCUT2D eigenvalue weighted by Crippen LogP contribution is -2.45. The number of anilines is 1. The number of rotatable bonds is 6. The maximum atomic E-state index is 12.0. The summed E-state index contributed by atoms with van der Waals surface area (Å²) in [7, 11) is 0. The Morgan fingerprint density at radius 3 is 2.82 bits per heavy atom. The molecule has 0 saturated carbocycles. The molecule has 1 N–H and O–H groups in total. The molecule has 1 fully saturated rings. The lowest BCUT2D eigenvalue weighted by molar-refractivity contribution is -0.121. The second-order valence-electron chi connectivity index (χ2n) is 5.80. The molecule has 22 heavy (non-hydrogen) atoms. The minimum atomic E-state index is 0.176. The van der Waals surface area contributed by atoms with Gasteiger partial charge in [0.2, 0.25) is 5.91 Å². The number of piperidine rings is 1. The molecule has 1 aliphatic heterocycles. The molecule has 0 radical (unpaired) electrons. The quantitative estimate of drug-likeness (QED) is 0.870. The monoisotopic (exact) mass is 322 g/mol. The van der Waals surface area contributed by atoms with E-state index in [1.54, 1.807) is 18.1 Å². The van der Waals surface area contributed by atoms with Crippen molar-refractivity contribution in [1.29, 1.82) is 0 Å². The highest BCUT2D eigenvalue weighted by atomic mass is 32.2. The number of amides is 1. The molecule has 0 bridgehead atoms. The van der Waals surface area contributed by atoms with E-state index in [0.717, 1.165) is 43.9 Å². The van der Waals surface area contributed by atoms with Gasteiger partial charge in [0.1, 0.15) is 12.1 Å². The van der Waals surface area contributed by atoms with E-state index in [4.69, 9.17) is 0 Å². The largest absolute Gasteiger partial charge is 0.356 e. The number of nitrogens with zero attached hydrogens (tertiary/aromatic N) is 3. The Labute approximate surface area is 137 Å². The lowest BCUT2D eigenvalue weighted by atomic mass is 10.0. The minimum absolute atomic E-state index is 0.176. The first-order valence-electron chi connectivity index (χ1n) is 8.00. The van der Waals surface area contributed by atoms with Gasteiger partial charge in [0.15, 0.2) is 0 Å². The molecule has 1 aromatic rings. The summed E-state index contributed by atoms with van der Waals surface area (Å²) in [5.41, 5.74) is 1.08. The Kier molecular flexibility index (Phi) is 6.49.